The SMILES string of the molecule is CC(=O)[O][Al]([O]C(C)=O)[O]P1(=O)C=CCC1. The van der Waals surface area contributed by atoms with Crippen LogP contribution in [0.25, 0.3) is 0 Å². The number of hydrogen-bond donors (Lipinski definition) is 0. The van der Waals surface area contributed by atoms with Gasteiger partial charge in [-0.3, -0.25) is 14.2 Å². The molecule has 16 heavy (non-hydrogen) atoms. The fraction of sp³-hybridized carbons (Fsp3) is 0.500. The second-order valence-electron chi connectivity index (χ2n) is 3.24. The second kappa shape index (κ2) is 5.65. The Morgan fingerprint density at radius 2 is 1.81 bits per heavy atom. The molecule has 0 radical (unpaired) electrons. The lowest BCUT2D eigenvalue weighted by molar-refractivity contribution is -0.139. The van der Waals surface area contributed by atoms with Crippen molar-refractivity contribution in [2.45, 2.75) is 20.3 Å². The van der Waals surface area contributed by atoms with E-state index in [-0.39, 0.29) is 0 Å². The lowest BCUT2D eigenvalue weighted by atomic mass is 10.5. The van der Waals surface area contributed by atoms with Gasteiger partial charge in [-0.25, -0.2) is 0 Å². The summed E-state index contributed by atoms with van der Waals surface area (Å²) in [4.78, 5) is 21.5. The smallest absolute Gasteiger partial charge is 0.562 e. The van der Waals surface area contributed by atoms with Gasteiger partial charge in [0.1, 0.15) is 0 Å². The van der Waals surface area contributed by atoms with Gasteiger partial charge in [0.25, 0.3) is 11.9 Å². The summed E-state index contributed by atoms with van der Waals surface area (Å²) in [7, 11) is -2.91. The lowest BCUT2D eigenvalue weighted by Gasteiger charge is -2.15. The van der Waals surface area contributed by atoms with Crippen LogP contribution in [0.5, 0.6) is 0 Å². The Balaban J connectivity index is 2.62. The Kier molecular flexibility index (Phi) is 4.75. The highest BCUT2D eigenvalue weighted by Crippen LogP contribution is 2.53. The van der Waals surface area contributed by atoms with Crippen molar-refractivity contribution in [3.63, 3.8) is 0 Å². The molecule has 0 bridgehead atoms. The van der Waals surface area contributed by atoms with Crippen LogP contribution in [0.15, 0.2) is 11.9 Å². The maximum atomic E-state index is 11.9. The first-order valence-electron chi connectivity index (χ1n) is 4.70. The number of hydrogen-bond acceptors (Lipinski definition) is 6. The largest absolute Gasteiger partial charge is 1.11 e. The molecule has 88 valence electrons. The molecule has 6 nitrogen and oxygen atoms in total. The van der Waals surface area contributed by atoms with Crippen LogP contribution in [0, 0.1) is 0 Å². The third-order valence-electron chi connectivity index (χ3n) is 1.73. The Morgan fingerprint density at radius 1 is 1.25 bits per heavy atom. The zero-order valence-electron chi connectivity index (χ0n) is 9.04. The van der Waals surface area contributed by atoms with Crippen LogP contribution in [-0.2, 0) is 25.3 Å². The molecule has 0 N–H and O–H groups in total. The van der Waals surface area contributed by atoms with E-state index < -0.39 is 34.5 Å². The van der Waals surface area contributed by atoms with Crippen molar-refractivity contribution in [3.05, 3.63) is 11.9 Å². The van der Waals surface area contributed by atoms with E-state index in [1.807, 2.05) is 0 Å². The summed E-state index contributed by atoms with van der Waals surface area (Å²) in [6.45, 7) is 2.35. The maximum absolute atomic E-state index is 11.9. The minimum absolute atomic E-state index is 0.360. The van der Waals surface area contributed by atoms with Crippen LogP contribution < -0.4 is 0 Å². The third-order valence-corrected chi connectivity index (χ3v) is 6.44. The first-order chi connectivity index (χ1) is 7.41. The summed E-state index contributed by atoms with van der Waals surface area (Å²) in [6, 6.07) is 0. The molecule has 0 saturated heterocycles. The summed E-state index contributed by atoms with van der Waals surface area (Å²) >= 11 is -2.98. The zero-order valence-corrected chi connectivity index (χ0v) is 11.1. The van der Waals surface area contributed by atoms with Crippen molar-refractivity contribution in [2.24, 2.45) is 0 Å². The minimum atomic E-state index is -2.98. The molecule has 1 rings (SSSR count). The fourth-order valence-corrected chi connectivity index (χ4v) is 5.07. The van der Waals surface area contributed by atoms with Crippen LogP contribution in [0.4, 0.5) is 0 Å². The van der Waals surface area contributed by atoms with Crippen LogP contribution >= 0.6 is 7.37 Å². The summed E-state index contributed by atoms with van der Waals surface area (Å²) in [5.74, 6) is 0.223. The molecule has 0 aromatic heterocycles. The highest BCUT2D eigenvalue weighted by atomic mass is 31.2. The monoisotopic (exact) mass is 262 g/mol. The van der Waals surface area contributed by atoms with Gasteiger partial charge in [-0.1, -0.05) is 6.08 Å². The van der Waals surface area contributed by atoms with Gasteiger partial charge in [0, 0.05) is 20.0 Å². The Bertz CT molecular complexity index is 350. The van der Waals surface area contributed by atoms with Gasteiger partial charge < -0.3 is 11.2 Å². The van der Waals surface area contributed by atoms with Gasteiger partial charge in [-0.2, -0.15) is 0 Å². The van der Waals surface area contributed by atoms with Gasteiger partial charge in [0.2, 0.25) is 7.37 Å². The summed E-state index contributed by atoms with van der Waals surface area (Å²) in [5, 5.41) is 0. The second-order valence-corrected chi connectivity index (χ2v) is 7.33. The standard InChI is InChI=1S/C4H7O2P.2C2H4O2.Al/c5-7(6)3-1-2-4-7;2*1-2(3)4;/h1,3H,2,4H2,(H,5,6);2*1H3,(H,3,4);/q;;;+3/p-3. The summed E-state index contributed by atoms with van der Waals surface area (Å²) < 4.78 is 26.5. The van der Waals surface area contributed by atoms with E-state index in [9.17, 15) is 14.2 Å². The highest BCUT2D eigenvalue weighted by Gasteiger charge is 2.47. The number of carbonyl (C=O) groups excluding carboxylic acids is 2. The van der Waals surface area contributed by atoms with Crippen LogP contribution in [0.2, 0.25) is 0 Å². The molecule has 0 spiro atoms. The number of carbonyl (C=O) groups is 2. The van der Waals surface area contributed by atoms with Crippen molar-refractivity contribution in [3.8, 4) is 0 Å². The molecule has 1 unspecified atom stereocenters. The van der Waals surface area contributed by atoms with Crippen molar-refractivity contribution in [2.75, 3.05) is 6.16 Å². The van der Waals surface area contributed by atoms with E-state index in [0.717, 1.165) is 0 Å². The fourth-order valence-electron chi connectivity index (χ4n) is 1.14. The van der Waals surface area contributed by atoms with Crippen molar-refractivity contribution in [1.29, 1.82) is 0 Å². The highest BCUT2D eigenvalue weighted by molar-refractivity contribution is 7.63. The molecule has 0 fully saturated rings. The predicted molar refractivity (Wildman–Crippen MR) is 56.6 cm³/mol. The average Bonchev–Trinajstić information content (AvgIpc) is 2.48. The molecular weight excluding hydrogens is 250 g/mol. The Labute approximate surface area is 98.4 Å². The molecule has 0 aromatic rings. The molecule has 0 amide bonds. The molecule has 8 heteroatoms. The van der Waals surface area contributed by atoms with E-state index in [1.165, 1.54) is 19.7 Å². The van der Waals surface area contributed by atoms with Crippen molar-refractivity contribution >= 4 is 34.5 Å². The van der Waals surface area contributed by atoms with E-state index in [0.29, 0.717) is 12.6 Å². The summed E-state index contributed by atoms with van der Waals surface area (Å²) in [5.41, 5.74) is 0. The number of allylic oxidation sites excluding steroid dienone is 1. The molecule has 1 aliphatic rings. The zero-order chi connectivity index (χ0) is 12.2. The van der Waals surface area contributed by atoms with E-state index in [1.54, 1.807) is 6.08 Å². The first kappa shape index (κ1) is 13.5. The lowest BCUT2D eigenvalue weighted by Crippen LogP contribution is -2.30. The quantitative estimate of drug-likeness (QED) is 0.561. The van der Waals surface area contributed by atoms with Gasteiger partial charge in [-0.05, 0) is 12.2 Å². The van der Waals surface area contributed by atoms with E-state index in [2.05, 4.69) is 0 Å². The summed E-state index contributed by atoms with van der Waals surface area (Å²) in [6.07, 6.45) is 2.74. The third kappa shape index (κ3) is 4.50. The van der Waals surface area contributed by atoms with Crippen molar-refractivity contribution < 1.29 is 25.3 Å². The van der Waals surface area contributed by atoms with E-state index in [4.69, 9.17) is 11.2 Å². The first-order valence-corrected chi connectivity index (χ1v) is 8.00. The minimum Gasteiger partial charge on any atom is -0.562 e. The average molecular weight is 262 g/mol. The van der Waals surface area contributed by atoms with Gasteiger partial charge >= 0.3 is 15.1 Å². The van der Waals surface area contributed by atoms with Crippen LogP contribution in [0.1, 0.15) is 20.3 Å². The van der Waals surface area contributed by atoms with Gasteiger partial charge in [-0.15, -0.1) is 0 Å². The molecule has 0 aliphatic carbocycles. The molecule has 0 aromatic carbocycles. The molecule has 1 heterocycles. The molecular formula is C8H12AlO6P. The molecule has 0 saturated carbocycles. The Morgan fingerprint density at radius 3 is 2.19 bits per heavy atom. The Hall–Kier alpha value is -0.598. The van der Waals surface area contributed by atoms with E-state index >= 15 is 0 Å². The van der Waals surface area contributed by atoms with Gasteiger partial charge in [0.15, 0.2) is 0 Å². The maximum Gasteiger partial charge on any atom is 1.11 e. The van der Waals surface area contributed by atoms with Crippen LogP contribution in [0.3, 0.4) is 0 Å². The number of rotatable bonds is 4. The molecule has 1 aliphatic heterocycles. The van der Waals surface area contributed by atoms with Crippen molar-refractivity contribution in [1.82, 2.24) is 0 Å². The normalized spacial score (nSPS) is 22.9. The predicted octanol–water partition coefficient (Wildman–Crippen LogP) is 1.31. The topological polar surface area (TPSA) is 78.9 Å². The van der Waals surface area contributed by atoms with Crippen LogP contribution in [-0.4, -0.2) is 33.3 Å². The van der Waals surface area contributed by atoms with Gasteiger partial charge in [0.05, 0.1) is 0 Å². The molecule has 1 atom stereocenters.